The first-order valence-corrected chi connectivity index (χ1v) is 12.2. The van der Waals surface area contributed by atoms with Crippen LogP contribution in [-0.2, 0) is 21.3 Å². The van der Waals surface area contributed by atoms with Gasteiger partial charge >= 0.3 is 0 Å². The van der Waals surface area contributed by atoms with Gasteiger partial charge < -0.3 is 15.0 Å². The van der Waals surface area contributed by atoms with E-state index in [1.165, 1.54) is 11.8 Å². The zero-order valence-corrected chi connectivity index (χ0v) is 18.2. The Morgan fingerprint density at radius 2 is 2.07 bits per heavy atom. The smallest absolute Gasteiger partial charge is 0.208 e. The second-order valence-electron chi connectivity index (χ2n) is 7.59. The molecular formula is C20H33N5O3S. The van der Waals surface area contributed by atoms with Gasteiger partial charge in [0.15, 0.2) is 5.96 Å². The zero-order chi connectivity index (χ0) is 20.7. The number of sulfonamides is 1. The third-order valence-corrected chi connectivity index (χ3v) is 5.97. The van der Waals surface area contributed by atoms with Crippen LogP contribution in [0, 0.1) is 0 Å². The number of rotatable bonds is 8. The quantitative estimate of drug-likeness (QED) is 0.359. The van der Waals surface area contributed by atoms with Crippen molar-refractivity contribution in [2.24, 2.45) is 4.99 Å². The lowest BCUT2D eigenvalue weighted by molar-refractivity contribution is -0.0502. The Hall–Kier alpha value is -1.68. The molecule has 9 heteroatoms. The Bertz CT molecular complexity index is 772. The van der Waals surface area contributed by atoms with Crippen molar-refractivity contribution in [3.63, 3.8) is 0 Å². The van der Waals surface area contributed by atoms with Gasteiger partial charge in [0, 0.05) is 45.8 Å². The van der Waals surface area contributed by atoms with E-state index < -0.39 is 10.0 Å². The average Bonchev–Trinajstić information content (AvgIpc) is 3.12. The number of nitrogens with zero attached hydrogens (tertiary/aromatic N) is 3. The molecule has 29 heavy (non-hydrogen) atoms. The standard InChI is InChI=1S/C20H33N5O3S/c1-3-21-20(22-10-7-11-23-29(2,26)27)25-15-18-19(16-25)28-13-12-24(18)14-17-8-5-4-6-9-17/h4-6,8-9,18-19,23H,3,7,10-16H2,1-2H3,(H,21,22). The number of hydrogen-bond donors (Lipinski definition) is 2. The van der Waals surface area contributed by atoms with Crippen LogP contribution in [0.4, 0.5) is 0 Å². The van der Waals surface area contributed by atoms with Gasteiger partial charge in [-0.3, -0.25) is 9.89 Å². The molecule has 2 N–H and O–H groups in total. The molecule has 0 bridgehead atoms. The molecule has 2 aliphatic rings. The highest BCUT2D eigenvalue weighted by molar-refractivity contribution is 7.88. The minimum Gasteiger partial charge on any atom is -0.373 e. The van der Waals surface area contributed by atoms with Gasteiger partial charge in [-0.2, -0.15) is 0 Å². The minimum absolute atomic E-state index is 0.184. The highest BCUT2D eigenvalue weighted by Gasteiger charge is 2.41. The van der Waals surface area contributed by atoms with Crippen LogP contribution < -0.4 is 10.0 Å². The normalized spacial score (nSPS) is 23.2. The van der Waals surface area contributed by atoms with Gasteiger partial charge in [0.25, 0.3) is 0 Å². The summed E-state index contributed by atoms with van der Waals surface area (Å²) in [5.41, 5.74) is 1.32. The summed E-state index contributed by atoms with van der Waals surface area (Å²) >= 11 is 0. The predicted octanol–water partition coefficient (Wildman–Crippen LogP) is 0.476. The van der Waals surface area contributed by atoms with Gasteiger partial charge in [-0.1, -0.05) is 30.3 Å². The number of aliphatic imine (C=N–C) groups is 1. The molecule has 0 aromatic heterocycles. The van der Waals surface area contributed by atoms with Crippen LogP contribution in [0.25, 0.3) is 0 Å². The average molecular weight is 424 g/mol. The van der Waals surface area contributed by atoms with Gasteiger partial charge in [-0.05, 0) is 18.9 Å². The van der Waals surface area contributed by atoms with Crippen LogP contribution in [0.15, 0.2) is 35.3 Å². The Balaban J connectivity index is 1.58. The first-order chi connectivity index (χ1) is 14.0. The van der Waals surface area contributed by atoms with Crippen LogP contribution in [-0.4, -0.2) is 88.5 Å². The van der Waals surface area contributed by atoms with Crippen LogP contribution in [0.3, 0.4) is 0 Å². The number of benzene rings is 1. The van der Waals surface area contributed by atoms with E-state index in [0.717, 1.165) is 45.3 Å². The van der Waals surface area contributed by atoms with E-state index in [0.29, 0.717) is 25.6 Å². The van der Waals surface area contributed by atoms with Crippen molar-refractivity contribution in [3.8, 4) is 0 Å². The van der Waals surface area contributed by atoms with Crippen molar-refractivity contribution >= 4 is 16.0 Å². The lowest BCUT2D eigenvalue weighted by atomic mass is 10.1. The lowest BCUT2D eigenvalue weighted by Gasteiger charge is -2.36. The number of fused-ring (bicyclic) bond motifs is 1. The number of morpholine rings is 1. The maximum atomic E-state index is 11.2. The maximum Gasteiger partial charge on any atom is 0.208 e. The van der Waals surface area contributed by atoms with Crippen LogP contribution in [0.2, 0.25) is 0 Å². The van der Waals surface area contributed by atoms with E-state index in [2.05, 4.69) is 51.0 Å². The van der Waals surface area contributed by atoms with Gasteiger partial charge in [0.1, 0.15) is 0 Å². The largest absolute Gasteiger partial charge is 0.373 e. The van der Waals surface area contributed by atoms with Crippen molar-refractivity contribution in [1.29, 1.82) is 0 Å². The summed E-state index contributed by atoms with van der Waals surface area (Å²) in [4.78, 5) is 9.49. The monoisotopic (exact) mass is 423 g/mol. The fraction of sp³-hybridized carbons (Fsp3) is 0.650. The summed E-state index contributed by atoms with van der Waals surface area (Å²) in [7, 11) is -3.14. The molecule has 1 aromatic rings. The van der Waals surface area contributed by atoms with Crippen molar-refractivity contribution in [3.05, 3.63) is 35.9 Å². The van der Waals surface area contributed by atoms with Gasteiger partial charge in [0.05, 0.1) is 25.0 Å². The van der Waals surface area contributed by atoms with Gasteiger partial charge in [-0.25, -0.2) is 13.1 Å². The van der Waals surface area contributed by atoms with Crippen molar-refractivity contribution < 1.29 is 13.2 Å². The van der Waals surface area contributed by atoms with Crippen LogP contribution >= 0.6 is 0 Å². The lowest BCUT2D eigenvalue weighted by Crippen LogP contribution is -2.50. The number of nitrogens with one attached hydrogen (secondary N) is 2. The summed E-state index contributed by atoms with van der Waals surface area (Å²) in [6.07, 6.45) is 2.02. The molecule has 3 rings (SSSR count). The summed E-state index contributed by atoms with van der Waals surface area (Å²) in [6.45, 7) is 8.16. The van der Waals surface area contributed by atoms with Crippen molar-refractivity contribution in [1.82, 2.24) is 19.8 Å². The van der Waals surface area contributed by atoms with E-state index in [4.69, 9.17) is 9.73 Å². The first kappa shape index (κ1) is 22.0. The number of hydrogen-bond acceptors (Lipinski definition) is 5. The predicted molar refractivity (Wildman–Crippen MR) is 115 cm³/mol. The molecule has 162 valence electrons. The third-order valence-electron chi connectivity index (χ3n) is 5.24. The molecule has 2 saturated heterocycles. The summed E-state index contributed by atoms with van der Waals surface area (Å²) in [5, 5.41) is 3.37. The Morgan fingerprint density at radius 1 is 1.28 bits per heavy atom. The second kappa shape index (κ2) is 10.4. The fourth-order valence-corrected chi connectivity index (χ4v) is 4.41. The fourth-order valence-electron chi connectivity index (χ4n) is 3.89. The molecule has 0 amide bonds. The van der Waals surface area contributed by atoms with Crippen molar-refractivity contribution in [2.45, 2.75) is 32.0 Å². The molecule has 0 spiro atoms. The van der Waals surface area contributed by atoms with Crippen LogP contribution in [0.5, 0.6) is 0 Å². The molecule has 2 atom stereocenters. The molecular weight excluding hydrogens is 390 g/mol. The molecule has 2 aliphatic heterocycles. The summed E-state index contributed by atoms with van der Waals surface area (Å²) < 4.78 is 30.9. The van der Waals surface area contributed by atoms with E-state index in [9.17, 15) is 8.42 Å². The topological polar surface area (TPSA) is 86.3 Å². The molecule has 0 radical (unpaired) electrons. The molecule has 2 fully saturated rings. The molecule has 0 saturated carbocycles. The highest BCUT2D eigenvalue weighted by atomic mass is 32.2. The van der Waals surface area contributed by atoms with E-state index in [-0.39, 0.29) is 6.10 Å². The number of likely N-dealkylation sites (tertiary alicyclic amines) is 1. The Morgan fingerprint density at radius 3 is 2.79 bits per heavy atom. The molecule has 2 unspecified atom stereocenters. The SMILES string of the molecule is CCNC(=NCCCNS(C)(=O)=O)N1CC2OCCN(Cc3ccccc3)C2C1. The Kier molecular flexibility index (Phi) is 7.88. The van der Waals surface area contributed by atoms with E-state index >= 15 is 0 Å². The number of ether oxygens (including phenoxy) is 1. The third kappa shape index (κ3) is 6.67. The number of guanidine groups is 1. The Labute approximate surface area is 174 Å². The highest BCUT2D eigenvalue weighted by Crippen LogP contribution is 2.24. The molecule has 1 aromatic carbocycles. The van der Waals surface area contributed by atoms with Gasteiger partial charge in [-0.15, -0.1) is 0 Å². The molecule has 2 heterocycles. The van der Waals surface area contributed by atoms with E-state index in [1.54, 1.807) is 0 Å². The van der Waals surface area contributed by atoms with Crippen molar-refractivity contribution in [2.75, 3.05) is 52.1 Å². The summed E-state index contributed by atoms with van der Waals surface area (Å²) in [6, 6.07) is 10.9. The molecule has 0 aliphatic carbocycles. The maximum absolute atomic E-state index is 11.2. The van der Waals surface area contributed by atoms with Crippen LogP contribution in [0.1, 0.15) is 18.9 Å². The molecule has 8 nitrogen and oxygen atoms in total. The minimum atomic E-state index is -3.14. The van der Waals surface area contributed by atoms with E-state index in [1.807, 2.05) is 6.07 Å². The zero-order valence-electron chi connectivity index (χ0n) is 17.4. The van der Waals surface area contributed by atoms with Gasteiger partial charge in [0.2, 0.25) is 10.0 Å². The second-order valence-corrected chi connectivity index (χ2v) is 9.43. The summed E-state index contributed by atoms with van der Waals surface area (Å²) in [5.74, 6) is 0.879. The first-order valence-electron chi connectivity index (χ1n) is 10.3.